The van der Waals surface area contributed by atoms with E-state index in [0.29, 0.717) is 35.2 Å². The number of hydrogen-bond acceptors (Lipinski definition) is 5. The highest BCUT2D eigenvalue weighted by Gasteiger charge is 2.05. The van der Waals surface area contributed by atoms with Crippen molar-refractivity contribution in [3.8, 4) is 17.2 Å². The summed E-state index contributed by atoms with van der Waals surface area (Å²) in [7, 11) is 3.12. The second kappa shape index (κ2) is 9.91. The van der Waals surface area contributed by atoms with Crippen molar-refractivity contribution in [3.63, 3.8) is 0 Å². The van der Waals surface area contributed by atoms with Crippen molar-refractivity contribution in [3.05, 3.63) is 42.5 Å². The molecule has 0 aliphatic heterocycles. The van der Waals surface area contributed by atoms with Crippen LogP contribution in [0.15, 0.2) is 42.5 Å². The number of methoxy groups -OCH3 is 2. The Balaban J connectivity index is 1.79. The van der Waals surface area contributed by atoms with Crippen LogP contribution in [0.4, 0.5) is 16.2 Å². The molecule has 0 aliphatic carbocycles. The molecule has 0 bridgehead atoms. The quantitative estimate of drug-likeness (QED) is 0.618. The maximum atomic E-state index is 12.0. The van der Waals surface area contributed by atoms with E-state index in [9.17, 15) is 9.59 Å². The Kier molecular flexibility index (Phi) is 7.30. The summed E-state index contributed by atoms with van der Waals surface area (Å²) in [5.41, 5.74) is 1.17. The molecule has 2 aromatic carbocycles. The van der Waals surface area contributed by atoms with Crippen LogP contribution in [-0.4, -0.2) is 39.3 Å². The minimum atomic E-state index is -0.373. The Bertz CT molecular complexity index is 772. The molecule has 0 spiro atoms. The second-order valence-electron chi connectivity index (χ2n) is 5.54. The van der Waals surface area contributed by atoms with Gasteiger partial charge in [-0.05, 0) is 18.2 Å². The lowest BCUT2D eigenvalue weighted by atomic mass is 10.3. The zero-order chi connectivity index (χ0) is 19.6. The van der Waals surface area contributed by atoms with Crippen LogP contribution in [0.2, 0.25) is 0 Å². The third-order valence-electron chi connectivity index (χ3n) is 3.42. The number of ether oxygens (including phenoxy) is 3. The van der Waals surface area contributed by atoms with Gasteiger partial charge in [0.25, 0.3) is 0 Å². The summed E-state index contributed by atoms with van der Waals surface area (Å²) in [6, 6.07) is 11.7. The van der Waals surface area contributed by atoms with E-state index >= 15 is 0 Å². The molecule has 2 rings (SSSR count). The van der Waals surface area contributed by atoms with Gasteiger partial charge in [0.15, 0.2) is 0 Å². The number of hydrogen-bond donors (Lipinski definition) is 3. The van der Waals surface area contributed by atoms with E-state index in [4.69, 9.17) is 14.2 Å². The predicted molar refractivity (Wildman–Crippen MR) is 103 cm³/mol. The molecule has 8 heteroatoms. The molecule has 0 aliphatic rings. The van der Waals surface area contributed by atoms with Crippen molar-refractivity contribution < 1.29 is 23.8 Å². The van der Waals surface area contributed by atoms with E-state index < -0.39 is 0 Å². The van der Waals surface area contributed by atoms with Gasteiger partial charge in [-0.15, -0.1) is 0 Å². The molecule has 0 saturated carbocycles. The normalized spacial score (nSPS) is 9.89. The van der Waals surface area contributed by atoms with Crippen molar-refractivity contribution in [1.29, 1.82) is 0 Å². The summed E-state index contributed by atoms with van der Waals surface area (Å²) in [5, 5.41) is 8.04. The van der Waals surface area contributed by atoms with Crippen LogP contribution in [0.25, 0.3) is 0 Å². The molecule has 0 fully saturated rings. The van der Waals surface area contributed by atoms with Crippen LogP contribution < -0.4 is 30.2 Å². The summed E-state index contributed by atoms with van der Waals surface area (Å²) in [6.07, 6.45) is 0. The minimum absolute atomic E-state index is 0.178. The Morgan fingerprint density at radius 2 is 1.48 bits per heavy atom. The summed E-state index contributed by atoms with van der Waals surface area (Å²) in [4.78, 5) is 23.0. The lowest BCUT2D eigenvalue weighted by Gasteiger charge is -2.12. The maximum absolute atomic E-state index is 12.0. The first-order chi connectivity index (χ1) is 13.0. The Morgan fingerprint density at radius 1 is 0.889 bits per heavy atom. The molecule has 0 heterocycles. The topological polar surface area (TPSA) is 97.9 Å². The van der Waals surface area contributed by atoms with Crippen molar-refractivity contribution >= 4 is 23.3 Å². The summed E-state index contributed by atoms with van der Waals surface area (Å²) in [5.74, 6) is 1.64. The zero-order valence-electron chi connectivity index (χ0n) is 15.5. The summed E-state index contributed by atoms with van der Waals surface area (Å²) >= 11 is 0. The molecular weight excluding hydrogens is 350 g/mol. The van der Waals surface area contributed by atoms with Crippen molar-refractivity contribution in [2.24, 2.45) is 0 Å². The maximum Gasteiger partial charge on any atom is 0.319 e. The van der Waals surface area contributed by atoms with Gasteiger partial charge < -0.3 is 30.2 Å². The minimum Gasteiger partial charge on any atom is -0.496 e. The number of carbonyl (C=O) groups excluding carboxylic acids is 2. The highest BCUT2D eigenvalue weighted by atomic mass is 16.5. The number of nitrogens with one attached hydrogen (secondary N) is 3. The van der Waals surface area contributed by atoms with Crippen molar-refractivity contribution in [2.45, 2.75) is 6.92 Å². The fraction of sp³-hybridized carbons (Fsp3) is 0.263. The monoisotopic (exact) mass is 373 g/mol. The van der Waals surface area contributed by atoms with Gasteiger partial charge in [-0.25, -0.2) is 4.79 Å². The van der Waals surface area contributed by atoms with Gasteiger partial charge in [0.05, 0.1) is 20.8 Å². The van der Waals surface area contributed by atoms with Crippen LogP contribution in [0, 0.1) is 0 Å². The van der Waals surface area contributed by atoms with E-state index in [1.54, 1.807) is 56.7 Å². The molecule has 0 radical (unpaired) electrons. The van der Waals surface area contributed by atoms with Gasteiger partial charge in [0.2, 0.25) is 5.91 Å². The van der Waals surface area contributed by atoms with Gasteiger partial charge in [-0.3, -0.25) is 4.79 Å². The molecule has 0 aromatic heterocycles. The number of carbonyl (C=O) groups is 2. The van der Waals surface area contributed by atoms with Crippen LogP contribution in [0.1, 0.15) is 6.92 Å². The second-order valence-corrected chi connectivity index (χ2v) is 5.54. The van der Waals surface area contributed by atoms with E-state index in [-0.39, 0.29) is 18.5 Å². The van der Waals surface area contributed by atoms with E-state index in [2.05, 4.69) is 16.0 Å². The van der Waals surface area contributed by atoms with E-state index in [1.807, 2.05) is 0 Å². The molecule has 2 aromatic rings. The molecule has 0 unspecified atom stereocenters. The van der Waals surface area contributed by atoms with Crippen LogP contribution in [0.5, 0.6) is 17.2 Å². The number of urea groups is 1. The molecule has 144 valence electrons. The van der Waals surface area contributed by atoms with E-state index in [1.165, 1.54) is 6.92 Å². The highest BCUT2D eigenvalue weighted by molar-refractivity contribution is 5.92. The summed E-state index contributed by atoms with van der Waals surface area (Å²) < 4.78 is 16.0. The van der Waals surface area contributed by atoms with Crippen molar-refractivity contribution in [1.82, 2.24) is 5.32 Å². The zero-order valence-corrected chi connectivity index (χ0v) is 15.5. The van der Waals surface area contributed by atoms with Gasteiger partial charge in [0.1, 0.15) is 23.9 Å². The van der Waals surface area contributed by atoms with Crippen molar-refractivity contribution in [2.75, 3.05) is 38.0 Å². The standard InChI is InChI=1S/C19H23N3O5/c1-13(23)21-14-5-4-6-15(9-14)22-19(24)20-7-8-27-18-11-16(25-2)10-17(12-18)26-3/h4-6,9-12H,7-8H2,1-3H3,(H,21,23)(H2,20,22,24). The number of anilines is 2. The highest BCUT2D eigenvalue weighted by Crippen LogP contribution is 2.27. The Hall–Kier alpha value is -3.42. The largest absolute Gasteiger partial charge is 0.496 e. The molecular formula is C19H23N3O5. The summed E-state index contributed by atoms with van der Waals surface area (Å²) in [6.45, 7) is 2.00. The SMILES string of the molecule is COc1cc(OC)cc(OCCNC(=O)Nc2cccc(NC(C)=O)c2)c1. The average molecular weight is 373 g/mol. The Labute approximate surface area is 157 Å². The van der Waals surface area contributed by atoms with E-state index in [0.717, 1.165) is 0 Å². The fourth-order valence-electron chi connectivity index (χ4n) is 2.25. The van der Waals surface area contributed by atoms with Gasteiger partial charge in [-0.2, -0.15) is 0 Å². The fourth-order valence-corrected chi connectivity index (χ4v) is 2.25. The van der Waals surface area contributed by atoms with Gasteiger partial charge in [-0.1, -0.05) is 6.07 Å². The average Bonchev–Trinajstić information content (AvgIpc) is 2.64. The number of amides is 3. The lowest BCUT2D eigenvalue weighted by Crippen LogP contribution is -2.32. The number of benzene rings is 2. The predicted octanol–water partition coefficient (Wildman–Crippen LogP) is 2.86. The first kappa shape index (κ1) is 19.9. The van der Waals surface area contributed by atoms with Crippen LogP contribution in [0.3, 0.4) is 0 Å². The molecule has 3 N–H and O–H groups in total. The molecule has 8 nitrogen and oxygen atoms in total. The van der Waals surface area contributed by atoms with Gasteiger partial charge in [0, 0.05) is 36.5 Å². The molecule has 0 atom stereocenters. The smallest absolute Gasteiger partial charge is 0.319 e. The Morgan fingerprint density at radius 3 is 2.07 bits per heavy atom. The van der Waals surface area contributed by atoms with Gasteiger partial charge >= 0.3 is 6.03 Å². The number of rotatable bonds is 8. The third-order valence-corrected chi connectivity index (χ3v) is 3.42. The first-order valence-electron chi connectivity index (χ1n) is 8.28. The third kappa shape index (κ3) is 6.77. The van der Waals surface area contributed by atoms with Crippen LogP contribution in [-0.2, 0) is 4.79 Å². The lowest BCUT2D eigenvalue weighted by molar-refractivity contribution is -0.114. The molecule has 27 heavy (non-hydrogen) atoms. The first-order valence-corrected chi connectivity index (χ1v) is 8.28. The molecule has 0 saturated heterocycles. The van der Waals surface area contributed by atoms with Crippen LogP contribution >= 0.6 is 0 Å². The molecule has 3 amide bonds.